The van der Waals surface area contributed by atoms with Crippen molar-refractivity contribution in [2.75, 3.05) is 13.7 Å². The van der Waals surface area contributed by atoms with Crippen LogP contribution in [0.4, 0.5) is 0 Å². The fourth-order valence-corrected chi connectivity index (χ4v) is 2.62. The summed E-state index contributed by atoms with van der Waals surface area (Å²) < 4.78 is 13.0. The Hall–Kier alpha value is -2.60. The summed E-state index contributed by atoms with van der Waals surface area (Å²) in [5.41, 5.74) is 8.36. The number of aryl methyl sites for hydroxylation is 1. The Morgan fingerprint density at radius 3 is 2.63 bits per heavy atom. The van der Waals surface area contributed by atoms with Crippen molar-refractivity contribution in [3.8, 4) is 11.4 Å². The predicted octanol–water partition coefficient (Wildman–Crippen LogP) is 3.65. The second-order valence-electron chi connectivity index (χ2n) is 7.42. The van der Waals surface area contributed by atoms with Gasteiger partial charge in [-0.1, -0.05) is 6.07 Å². The normalized spacial score (nSPS) is 12.1. The molecule has 0 unspecified atom stereocenters. The van der Waals surface area contributed by atoms with Crippen LogP contribution in [0.1, 0.15) is 44.9 Å². The molecule has 6 heteroatoms. The molecule has 0 aliphatic heterocycles. The molecular formula is C21H29N3O3. The lowest BCUT2D eigenvalue weighted by atomic mass is 10.0. The molecule has 0 fully saturated rings. The van der Waals surface area contributed by atoms with Gasteiger partial charge in [-0.05, 0) is 70.9 Å². The quantitative estimate of drug-likeness (QED) is 0.594. The van der Waals surface area contributed by atoms with Crippen LogP contribution in [-0.4, -0.2) is 34.8 Å². The van der Waals surface area contributed by atoms with Crippen LogP contribution in [0.3, 0.4) is 0 Å². The fraction of sp³-hybridized carbons (Fsp3) is 0.429. The van der Waals surface area contributed by atoms with Crippen molar-refractivity contribution < 1.29 is 14.3 Å². The van der Waals surface area contributed by atoms with Gasteiger partial charge in [0.2, 0.25) is 0 Å². The van der Waals surface area contributed by atoms with Crippen LogP contribution in [0.25, 0.3) is 11.8 Å². The van der Waals surface area contributed by atoms with Gasteiger partial charge >= 0.3 is 5.97 Å². The Kier molecular flexibility index (Phi) is 6.80. The number of nitrogens with two attached hydrogens (primary N) is 1. The minimum Gasteiger partial charge on any atom is -0.495 e. The highest BCUT2D eigenvalue weighted by molar-refractivity contribution is 5.94. The monoisotopic (exact) mass is 371 g/mol. The van der Waals surface area contributed by atoms with E-state index in [0.717, 1.165) is 16.9 Å². The molecule has 0 aliphatic rings. The molecule has 6 nitrogen and oxygen atoms in total. The molecule has 0 aliphatic carbocycles. The summed E-state index contributed by atoms with van der Waals surface area (Å²) in [5.74, 6) is 0.382. The summed E-state index contributed by atoms with van der Waals surface area (Å²) in [7, 11) is 1.62. The average Bonchev–Trinajstić information content (AvgIpc) is 3.03. The Bertz CT molecular complexity index is 816. The van der Waals surface area contributed by atoms with Gasteiger partial charge in [-0.3, -0.25) is 0 Å². The summed E-state index contributed by atoms with van der Waals surface area (Å²) in [6.07, 6.45) is 6.80. The average molecular weight is 371 g/mol. The zero-order chi connectivity index (χ0) is 20.0. The summed E-state index contributed by atoms with van der Waals surface area (Å²) >= 11 is 0. The van der Waals surface area contributed by atoms with Gasteiger partial charge in [0.1, 0.15) is 11.4 Å². The lowest BCUT2D eigenvalue weighted by Gasteiger charge is -2.20. The van der Waals surface area contributed by atoms with E-state index in [1.165, 1.54) is 0 Å². The third kappa shape index (κ3) is 5.96. The van der Waals surface area contributed by atoms with Crippen molar-refractivity contribution in [2.24, 2.45) is 5.73 Å². The maximum absolute atomic E-state index is 12.5. The molecule has 0 saturated heterocycles. The van der Waals surface area contributed by atoms with Crippen molar-refractivity contribution in [3.63, 3.8) is 0 Å². The lowest BCUT2D eigenvalue weighted by molar-refractivity contribution is -0.149. The van der Waals surface area contributed by atoms with Crippen molar-refractivity contribution >= 4 is 12.0 Å². The third-order valence-corrected chi connectivity index (χ3v) is 3.85. The van der Waals surface area contributed by atoms with Crippen molar-refractivity contribution in [3.05, 3.63) is 47.6 Å². The first-order valence-corrected chi connectivity index (χ1v) is 9.06. The molecule has 0 saturated carbocycles. The molecule has 0 radical (unpaired) electrons. The lowest BCUT2D eigenvalue weighted by Crippen LogP contribution is -2.25. The number of hydrogen-bond acceptors (Lipinski definition) is 5. The molecule has 1 aromatic carbocycles. The van der Waals surface area contributed by atoms with Crippen LogP contribution in [-0.2, 0) is 9.53 Å². The van der Waals surface area contributed by atoms with Gasteiger partial charge in [-0.25, -0.2) is 9.78 Å². The van der Waals surface area contributed by atoms with E-state index in [-0.39, 0.29) is 5.97 Å². The van der Waals surface area contributed by atoms with E-state index < -0.39 is 5.60 Å². The number of ether oxygens (including phenoxy) is 2. The number of rotatable bonds is 7. The molecule has 0 amide bonds. The second kappa shape index (κ2) is 8.86. The van der Waals surface area contributed by atoms with Crippen molar-refractivity contribution in [1.29, 1.82) is 0 Å². The van der Waals surface area contributed by atoms with E-state index in [1.807, 2.05) is 62.7 Å². The minimum absolute atomic E-state index is 0.316. The number of carbonyl (C=O) groups excluding carboxylic acids is 1. The van der Waals surface area contributed by atoms with Gasteiger partial charge in [0.05, 0.1) is 24.8 Å². The number of carbonyl (C=O) groups is 1. The SMILES string of the molecule is COc1cc(/C=C(\CCCN)C(=O)OC(C)(C)C)ccc1-n1cnc(C)c1. The smallest absolute Gasteiger partial charge is 0.334 e. The van der Waals surface area contributed by atoms with Crippen molar-refractivity contribution in [2.45, 2.75) is 46.1 Å². The van der Waals surface area contributed by atoms with Gasteiger partial charge in [-0.15, -0.1) is 0 Å². The first kappa shape index (κ1) is 20.7. The number of nitrogens with zero attached hydrogens (tertiary/aromatic N) is 2. The molecule has 146 valence electrons. The Balaban J connectivity index is 2.36. The van der Waals surface area contributed by atoms with Gasteiger partial charge in [0.25, 0.3) is 0 Å². The van der Waals surface area contributed by atoms with Crippen LogP contribution < -0.4 is 10.5 Å². The van der Waals surface area contributed by atoms with E-state index in [2.05, 4.69) is 4.98 Å². The predicted molar refractivity (Wildman–Crippen MR) is 107 cm³/mol. The fourth-order valence-electron chi connectivity index (χ4n) is 2.62. The largest absolute Gasteiger partial charge is 0.495 e. The maximum atomic E-state index is 12.5. The Labute approximate surface area is 161 Å². The first-order chi connectivity index (χ1) is 12.7. The van der Waals surface area contributed by atoms with E-state index >= 15 is 0 Å². The van der Waals surface area contributed by atoms with Gasteiger partial charge in [0.15, 0.2) is 0 Å². The highest BCUT2D eigenvalue weighted by Crippen LogP contribution is 2.26. The van der Waals surface area contributed by atoms with Gasteiger partial charge in [0, 0.05) is 11.8 Å². The molecule has 0 bridgehead atoms. The summed E-state index contributed by atoms with van der Waals surface area (Å²) in [6, 6.07) is 5.79. The maximum Gasteiger partial charge on any atom is 0.334 e. The highest BCUT2D eigenvalue weighted by atomic mass is 16.6. The van der Waals surface area contributed by atoms with Crippen LogP contribution in [0.2, 0.25) is 0 Å². The summed E-state index contributed by atoms with van der Waals surface area (Å²) in [5, 5.41) is 0. The van der Waals surface area contributed by atoms with Crippen LogP contribution >= 0.6 is 0 Å². The van der Waals surface area contributed by atoms with Crippen LogP contribution in [0, 0.1) is 6.92 Å². The topological polar surface area (TPSA) is 79.4 Å². The minimum atomic E-state index is -0.542. The second-order valence-corrected chi connectivity index (χ2v) is 7.42. The van der Waals surface area contributed by atoms with E-state index in [0.29, 0.717) is 30.7 Å². The number of hydrogen-bond donors (Lipinski definition) is 1. The first-order valence-electron chi connectivity index (χ1n) is 9.06. The summed E-state index contributed by atoms with van der Waals surface area (Å²) in [4.78, 5) is 16.8. The van der Waals surface area contributed by atoms with E-state index in [9.17, 15) is 4.79 Å². The number of aromatic nitrogens is 2. The molecule has 2 N–H and O–H groups in total. The Morgan fingerprint density at radius 1 is 1.33 bits per heavy atom. The highest BCUT2D eigenvalue weighted by Gasteiger charge is 2.20. The van der Waals surface area contributed by atoms with Gasteiger partial charge in [-0.2, -0.15) is 0 Å². The van der Waals surface area contributed by atoms with Crippen LogP contribution in [0.15, 0.2) is 36.3 Å². The molecule has 2 aromatic rings. The molecule has 1 aromatic heterocycles. The molecular weight excluding hydrogens is 342 g/mol. The third-order valence-electron chi connectivity index (χ3n) is 3.85. The number of benzene rings is 1. The number of methoxy groups -OCH3 is 1. The standard InChI is InChI=1S/C21H29N3O3/c1-15-13-24(14-23-15)18-9-8-16(12-19(18)26-5)11-17(7-6-10-22)20(25)27-21(2,3)4/h8-9,11-14H,6-7,10,22H2,1-5H3/b17-11+. The number of esters is 1. The van der Waals surface area contributed by atoms with Crippen LogP contribution in [0.5, 0.6) is 5.75 Å². The molecule has 0 atom stereocenters. The van der Waals surface area contributed by atoms with E-state index in [4.69, 9.17) is 15.2 Å². The number of imidazole rings is 1. The zero-order valence-electron chi connectivity index (χ0n) is 16.8. The Morgan fingerprint density at radius 2 is 2.07 bits per heavy atom. The van der Waals surface area contributed by atoms with Crippen molar-refractivity contribution in [1.82, 2.24) is 9.55 Å². The van der Waals surface area contributed by atoms with E-state index in [1.54, 1.807) is 13.4 Å². The zero-order valence-corrected chi connectivity index (χ0v) is 16.8. The van der Waals surface area contributed by atoms with Gasteiger partial charge < -0.3 is 19.8 Å². The summed E-state index contributed by atoms with van der Waals surface area (Å²) in [6.45, 7) is 8.02. The molecule has 27 heavy (non-hydrogen) atoms. The molecule has 2 rings (SSSR count). The molecule has 0 spiro atoms. The molecule has 1 heterocycles.